The highest BCUT2D eigenvalue weighted by atomic mass is 19.1. The molecule has 0 N–H and O–H groups in total. The standard InChI is InChI=1S/C22H12F4N2O/c23-13-4-5-14(15(24)10-13)18-2-1-3-19-22(20(29)6-7-28(18)19)21-16(25)8-12(11-27)9-17(21)26/h1-5,8-10H,6-7H2. The van der Waals surface area contributed by atoms with Crippen LogP contribution in [-0.4, -0.2) is 17.2 Å². The monoisotopic (exact) mass is 396 g/mol. The lowest BCUT2D eigenvalue weighted by Crippen LogP contribution is -2.32. The highest BCUT2D eigenvalue weighted by molar-refractivity contribution is 6.23. The highest BCUT2D eigenvalue weighted by Gasteiger charge is 2.33. The van der Waals surface area contributed by atoms with Crippen LogP contribution in [0.5, 0.6) is 0 Å². The van der Waals surface area contributed by atoms with Gasteiger partial charge in [0.15, 0.2) is 5.78 Å². The molecule has 0 radical (unpaired) electrons. The van der Waals surface area contributed by atoms with Crippen molar-refractivity contribution in [2.24, 2.45) is 0 Å². The topological polar surface area (TPSA) is 44.1 Å². The van der Waals surface area contributed by atoms with Gasteiger partial charge < -0.3 is 4.90 Å². The number of hydrogen-bond donors (Lipinski definition) is 0. The summed E-state index contributed by atoms with van der Waals surface area (Å²) in [5, 5.41) is 8.88. The van der Waals surface area contributed by atoms with Gasteiger partial charge in [-0.1, -0.05) is 6.08 Å². The Bertz CT molecular complexity index is 1160. The zero-order valence-corrected chi connectivity index (χ0v) is 14.8. The first-order valence-electron chi connectivity index (χ1n) is 8.69. The van der Waals surface area contributed by atoms with Gasteiger partial charge in [0.05, 0.1) is 34.2 Å². The van der Waals surface area contributed by atoms with Crippen LogP contribution in [0.4, 0.5) is 17.6 Å². The number of halogens is 4. The minimum atomic E-state index is -1.03. The Balaban J connectivity index is 1.90. The quantitative estimate of drug-likeness (QED) is 0.691. The van der Waals surface area contributed by atoms with Gasteiger partial charge in [-0.2, -0.15) is 5.26 Å². The molecule has 7 heteroatoms. The number of ketones is 1. The van der Waals surface area contributed by atoms with Gasteiger partial charge in [-0.15, -0.1) is 0 Å². The number of fused-ring (bicyclic) bond motifs is 1. The molecule has 4 rings (SSSR count). The summed E-state index contributed by atoms with van der Waals surface area (Å²) in [4.78, 5) is 14.2. The molecule has 0 aromatic heterocycles. The van der Waals surface area contributed by atoms with E-state index in [9.17, 15) is 22.4 Å². The lowest BCUT2D eigenvalue weighted by molar-refractivity contribution is -0.114. The molecule has 144 valence electrons. The van der Waals surface area contributed by atoms with Crippen molar-refractivity contribution in [3.05, 3.63) is 94.2 Å². The van der Waals surface area contributed by atoms with E-state index in [-0.39, 0.29) is 35.4 Å². The summed E-state index contributed by atoms with van der Waals surface area (Å²) in [5.74, 6) is -4.05. The zero-order valence-electron chi connectivity index (χ0n) is 14.8. The molecule has 0 spiro atoms. The van der Waals surface area contributed by atoms with Crippen LogP contribution in [0.1, 0.15) is 23.1 Å². The molecule has 0 saturated carbocycles. The Kier molecular flexibility index (Phi) is 4.55. The number of nitrogens with zero attached hydrogens (tertiary/aromatic N) is 2. The molecule has 0 unspecified atom stereocenters. The summed E-state index contributed by atoms with van der Waals surface area (Å²) < 4.78 is 56.8. The van der Waals surface area contributed by atoms with E-state index in [1.165, 1.54) is 18.2 Å². The van der Waals surface area contributed by atoms with Crippen LogP contribution in [0.25, 0.3) is 11.3 Å². The maximum atomic E-state index is 14.6. The molecule has 0 atom stereocenters. The fraction of sp³-hybridized carbons (Fsp3) is 0.0909. The predicted molar refractivity (Wildman–Crippen MR) is 97.8 cm³/mol. The molecule has 0 amide bonds. The van der Waals surface area contributed by atoms with E-state index in [1.807, 2.05) is 0 Å². The number of carbonyl (C=O) groups is 1. The maximum absolute atomic E-state index is 14.6. The van der Waals surface area contributed by atoms with Crippen molar-refractivity contribution in [2.75, 3.05) is 6.54 Å². The second-order valence-electron chi connectivity index (χ2n) is 6.55. The van der Waals surface area contributed by atoms with E-state index in [2.05, 4.69) is 0 Å². The molecule has 2 heterocycles. The highest BCUT2D eigenvalue weighted by Crippen LogP contribution is 2.39. The largest absolute Gasteiger partial charge is 0.340 e. The van der Waals surface area contributed by atoms with Crippen molar-refractivity contribution >= 4 is 17.1 Å². The average Bonchev–Trinajstić information content (AvgIpc) is 2.68. The number of rotatable bonds is 2. The van der Waals surface area contributed by atoms with Crippen molar-refractivity contribution in [2.45, 2.75) is 6.42 Å². The Labute approximate surface area is 163 Å². The number of allylic oxidation sites excluding steroid dienone is 4. The first-order valence-corrected chi connectivity index (χ1v) is 8.69. The third kappa shape index (κ3) is 3.13. The second kappa shape index (κ2) is 7.06. The zero-order chi connectivity index (χ0) is 20.7. The first-order chi connectivity index (χ1) is 13.9. The van der Waals surface area contributed by atoms with Crippen LogP contribution in [0.3, 0.4) is 0 Å². The van der Waals surface area contributed by atoms with E-state index < -0.39 is 34.6 Å². The molecule has 2 aliphatic rings. The van der Waals surface area contributed by atoms with Gasteiger partial charge in [-0.3, -0.25) is 4.79 Å². The van der Waals surface area contributed by atoms with E-state index in [0.29, 0.717) is 5.70 Å². The fourth-order valence-corrected chi connectivity index (χ4v) is 3.56. The molecule has 2 aromatic rings. The van der Waals surface area contributed by atoms with Crippen molar-refractivity contribution in [3.8, 4) is 6.07 Å². The van der Waals surface area contributed by atoms with Gasteiger partial charge in [0, 0.05) is 24.6 Å². The Morgan fingerprint density at radius 2 is 1.72 bits per heavy atom. The molecule has 0 aliphatic carbocycles. The Morgan fingerprint density at radius 3 is 2.38 bits per heavy atom. The fourth-order valence-electron chi connectivity index (χ4n) is 3.56. The van der Waals surface area contributed by atoms with Crippen LogP contribution in [0.2, 0.25) is 0 Å². The molecular formula is C22H12F4N2O. The lowest BCUT2D eigenvalue weighted by atomic mass is 9.90. The Morgan fingerprint density at radius 1 is 1.00 bits per heavy atom. The molecular weight excluding hydrogens is 384 g/mol. The smallest absolute Gasteiger partial charge is 0.167 e. The third-order valence-corrected chi connectivity index (χ3v) is 4.82. The van der Waals surface area contributed by atoms with Crippen molar-refractivity contribution < 1.29 is 22.4 Å². The van der Waals surface area contributed by atoms with Crippen LogP contribution in [-0.2, 0) is 4.79 Å². The second-order valence-corrected chi connectivity index (χ2v) is 6.55. The normalized spacial score (nSPS) is 15.9. The Hall–Kier alpha value is -3.66. The van der Waals surface area contributed by atoms with Crippen LogP contribution >= 0.6 is 0 Å². The van der Waals surface area contributed by atoms with E-state index in [4.69, 9.17) is 5.26 Å². The van der Waals surface area contributed by atoms with Gasteiger partial charge in [0.25, 0.3) is 0 Å². The van der Waals surface area contributed by atoms with Gasteiger partial charge in [-0.25, -0.2) is 17.6 Å². The van der Waals surface area contributed by atoms with Gasteiger partial charge >= 0.3 is 0 Å². The predicted octanol–water partition coefficient (Wildman–Crippen LogP) is 4.71. The lowest BCUT2D eigenvalue weighted by Gasteiger charge is -2.35. The summed E-state index contributed by atoms with van der Waals surface area (Å²) in [6.07, 6.45) is 4.57. The number of hydrogen-bond acceptors (Lipinski definition) is 3. The van der Waals surface area contributed by atoms with Crippen molar-refractivity contribution in [3.63, 3.8) is 0 Å². The van der Waals surface area contributed by atoms with Crippen molar-refractivity contribution in [1.82, 2.24) is 4.90 Å². The summed E-state index contributed by atoms with van der Waals surface area (Å²) in [5.41, 5.74) is -0.255. The van der Waals surface area contributed by atoms with Crippen LogP contribution in [0.15, 0.2) is 54.3 Å². The van der Waals surface area contributed by atoms with Crippen LogP contribution in [0, 0.1) is 34.6 Å². The summed E-state index contributed by atoms with van der Waals surface area (Å²) in [6.45, 7) is 0.171. The summed E-state index contributed by atoms with van der Waals surface area (Å²) >= 11 is 0. The molecule has 3 nitrogen and oxygen atoms in total. The minimum Gasteiger partial charge on any atom is -0.340 e. The van der Waals surface area contributed by atoms with Crippen molar-refractivity contribution in [1.29, 1.82) is 5.26 Å². The maximum Gasteiger partial charge on any atom is 0.167 e. The number of carbonyl (C=O) groups excluding carboxylic acids is 1. The minimum absolute atomic E-state index is 0.0499. The SMILES string of the molecule is N#Cc1cc(F)c(C2=C3C=CC=C(c4ccc(F)cc4F)N3CCC2=O)c(F)c1. The molecule has 0 fully saturated rings. The molecule has 29 heavy (non-hydrogen) atoms. The summed E-state index contributed by atoms with van der Waals surface area (Å²) in [7, 11) is 0. The number of Topliss-reactive ketones (excluding diaryl/α,β-unsaturated/α-hetero) is 1. The van der Waals surface area contributed by atoms with E-state index >= 15 is 0 Å². The van der Waals surface area contributed by atoms with Crippen LogP contribution < -0.4 is 0 Å². The number of benzene rings is 2. The van der Waals surface area contributed by atoms with Gasteiger partial charge in [0.2, 0.25) is 0 Å². The summed E-state index contributed by atoms with van der Waals surface area (Å²) in [6, 6.07) is 6.51. The van der Waals surface area contributed by atoms with Gasteiger partial charge in [0.1, 0.15) is 23.3 Å². The molecule has 0 saturated heterocycles. The average molecular weight is 396 g/mol. The molecule has 2 aromatic carbocycles. The first kappa shape index (κ1) is 18.7. The van der Waals surface area contributed by atoms with E-state index in [1.54, 1.807) is 17.0 Å². The number of nitriles is 1. The third-order valence-electron chi connectivity index (χ3n) is 4.82. The molecule has 2 aliphatic heterocycles. The van der Waals surface area contributed by atoms with E-state index in [0.717, 1.165) is 24.3 Å². The van der Waals surface area contributed by atoms with Gasteiger partial charge in [-0.05, 0) is 36.4 Å². The molecule has 0 bridgehead atoms.